The molecule has 0 radical (unpaired) electrons. The molecule has 0 saturated carbocycles. The molecule has 3 rings (SSSR count). The number of guanidine groups is 1. The molecule has 0 atom stereocenters. The minimum Gasteiger partial charge on any atom is -0.325 e. The van der Waals surface area contributed by atoms with E-state index in [1.807, 2.05) is 0 Å². The molecule has 1 heterocycles. The quantitative estimate of drug-likeness (QED) is 0.252. The Morgan fingerprint density at radius 3 is 2.23 bits per heavy atom. The van der Waals surface area contributed by atoms with Crippen LogP contribution in [0.5, 0.6) is 0 Å². The monoisotopic (exact) mass is 460 g/mol. The number of sulfonamides is 1. The van der Waals surface area contributed by atoms with E-state index >= 15 is 0 Å². The van der Waals surface area contributed by atoms with Crippen LogP contribution in [0.3, 0.4) is 0 Å². The predicted octanol–water partition coefficient (Wildman–Crippen LogP) is 3.92. The number of nitro groups is 1. The topological polar surface area (TPSA) is 139 Å². The van der Waals surface area contributed by atoms with Crippen molar-refractivity contribution < 1.29 is 13.3 Å². The van der Waals surface area contributed by atoms with Crippen molar-refractivity contribution in [3.8, 4) is 0 Å². The number of benzene rings is 2. The van der Waals surface area contributed by atoms with Crippen LogP contribution in [0.15, 0.2) is 63.9 Å². The second-order valence-corrected chi connectivity index (χ2v) is 8.35. The van der Waals surface area contributed by atoms with Gasteiger partial charge >= 0.3 is 0 Å². The highest BCUT2D eigenvalue weighted by atomic mass is 35.5. The fourth-order valence-corrected chi connectivity index (χ4v) is 4.01. The number of hydrogen-bond donors (Lipinski definition) is 2. The lowest BCUT2D eigenvalue weighted by Crippen LogP contribution is -2.25. The summed E-state index contributed by atoms with van der Waals surface area (Å²) in [6.45, 7) is 3.53. The summed E-state index contributed by atoms with van der Waals surface area (Å²) in [5.41, 5.74) is 1.58. The van der Waals surface area contributed by atoms with Gasteiger partial charge in [-0.25, -0.2) is 9.97 Å². The van der Waals surface area contributed by atoms with Gasteiger partial charge in [0.25, 0.3) is 15.7 Å². The summed E-state index contributed by atoms with van der Waals surface area (Å²) >= 11 is 6.02. The van der Waals surface area contributed by atoms with Gasteiger partial charge in [-0.3, -0.25) is 15.4 Å². The minimum atomic E-state index is -4.20. The SMILES string of the molecule is Cc1cc(C)nc(NC(=NS(=O)(=O)c2ccccc2Cl)Nc2ccc([N+](=O)[O-])cc2)n1. The maximum atomic E-state index is 12.8. The van der Waals surface area contributed by atoms with Gasteiger partial charge in [0.1, 0.15) is 4.90 Å². The lowest BCUT2D eigenvalue weighted by Gasteiger charge is -2.12. The van der Waals surface area contributed by atoms with Crippen LogP contribution in [-0.4, -0.2) is 29.3 Å². The highest BCUT2D eigenvalue weighted by Gasteiger charge is 2.19. The average molecular weight is 461 g/mol. The molecule has 0 saturated heterocycles. The molecular weight excluding hydrogens is 444 g/mol. The van der Waals surface area contributed by atoms with Crippen molar-refractivity contribution in [1.82, 2.24) is 9.97 Å². The Kier molecular flexibility index (Phi) is 6.47. The van der Waals surface area contributed by atoms with Crippen LogP contribution in [0.4, 0.5) is 17.3 Å². The van der Waals surface area contributed by atoms with Gasteiger partial charge in [-0.15, -0.1) is 4.40 Å². The lowest BCUT2D eigenvalue weighted by atomic mass is 10.3. The molecule has 12 heteroatoms. The number of nitrogens with one attached hydrogen (secondary N) is 2. The summed E-state index contributed by atoms with van der Waals surface area (Å²) in [7, 11) is -4.20. The lowest BCUT2D eigenvalue weighted by molar-refractivity contribution is -0.384. The molecule has 2 N–H and O–H groups in total. The maximum Gasteiger partial charge on any atom is 0.287 e. The van der Waals surface area contributed by atoms with E-state index in [0.717, 1.165) is 0 Å². The molecule has 0 fully saturated rings. The largest absolute Gasteiger partial charge is 0.325 e. The number of nitrogens with zero attached hydrogens (tertiary/aromatic N) is 4. The zero-order valence-corrected chi connectivity index (χ0v) is 18.0. The van der Waals surface area contributed by atoms with Gasteiger partial charge < -0.3 is 5.32 Å². The molecule has 10 nitrogen and oxygen atoms in total. The van der Waals surface area contributed by atoms with Gasteiger partial charge in [-0.2, -0.15) is 8.42 Å². The van der Waals surface area contributed by atoms with Crippen LogP contribution in [-0.2, 0) is 10.0 Å². The Morgan fingerprint density at radius 1 is 1.03 bits per heavy atom. The number of nitro benzene ring substituents is 1. The standard InChI is InChI=1S/C19H17ClN6O4S/c1-12-11-13(2)22-18(21-12)24-19(23-14-7-9-15(10-8-14)26(27)28)25-31(29,30)17-6-4-3-5-16(17)20/h3-11H,1-2H3,(H2,21,22,23,24,25). The Labute approximate surface area is 183 Å². The summed E-state index contributed by atoms with van der Waals surface area (Å²) in [4.78, 5) is 18.6. The molecule has 0 amide bonds. The molecule has 0 aliphatic heterocycles. The van der Waals surface area contributed by atoms with E-state index in [1.165, 1.54) is 42.5 Å². The number of halogens is 1. The van der Waals surface area contributed by atoms with Crippen LogP contribution in [0.25, 0.3) is 0 Å². The van der Waals surface area contributed by atoms with Crippen molar-refractivity contribution in [2.75, 3.05) is 10.6 Å². The fraction of sp³-hybridized carbons (Fsp3) is 0.105. The molecule has 3 aromatic rings. The van der Waals surface area contributed by atoms with E-state index < -0.39 is 14.9 Å². The minimum absolute atomic E-state index is 0.0172. The summed E-state index contributed by atoms with van der Waals surface area (Å²) in [6, 6.07) is 13.0. The van der Waals surface area contributed by atoms with Crippen LogP contribution < -0.4 is 10.6 Å². The first-order chi connectivity index (χ1) is 14.6. The Bertz CT molecular complexity index is 1240. The van der Waals surface area contributed by atoms with Crippen molar-refractivity contribution in [3.05, 3.63) is 81.1 Å². The average Bonchev–Trinajstić information content (AvgIpc) is 2.67. The zero-order chi connectivity index (χ0) is 22.6. The first-order valence-corrected chi connectivity index (χ1v) is 10.7. The van der Waals surface area contributed by atoms with E-state index in [9.17, 15) is 18.5 Å². The van der Waals surface area contributed by atoms with Gasteiger partial charge in [0.2, 0.25) is 11.9 Å². The zero-order valence-electron chi connectivity index (χ0n) is 16.4. The predicted molar refractivity (Wildman–Crippen MR) is 118 cm³/mol. The van der Waals surface area contributed by atoms with Gasteiger partial charge in [0, 0.05) is 29.2 Å². The van der Waals surface area contributed by atoms with Crippen molar-refractivity contribution in [2.45, 2.75) is 18.7 Å². The molecule has 31 heavy (non-hydrogen) atoms. The molecule has 0 aliphatic rings. The molecule has 0 bridgehead atoms. The van der Waals surface area contributed by atoms with Crippen molar-refractivity contribution in [1.29, 1.82) is 0 Å². The number of anilines is 2. The van der Waals surface area contributed by atoms with Gasteiger partial charge in [0.05, 0.1) is 9.95 Å². The molecule has 0 spiro atoms. The number of aryl methyl sites for hydroxylation is 2. The van der Waals surface area contributed by atoms with Gasteiger partial charge in [0.15, 0.2) is 0 Å². The first-order valence-electron chi connectivity index (χ1n) is 8.84. The van der Waals surface area contributed by atoms with Crippen LogP contribution in [0.1, 0.15) is 11.4 Å². The molecule has 160 valence electrons. The summed E-state index contributed by atoms with van der Waals surface area (Å²) in [5, 5.41) is 16.4. The van der Waals surface area contributed by atoms with Crippen molar-refractivity contribution in [3.63, 3.8) is 0 Å². The number of non-ortho nitro benzene ring substituents is 1. The molecular formula is C19H17ClN6O4S. The second kappa shape index (κ2) is 9.06. The van der Waals surface area contributed by atoms with Crippen LogP contribution in [0.2, 0.25) is 5.02 Å². The fourth-order valence-electron chi connectivity index (χ4n) is 2.59. The first kappa shape index (κ1) is 22.1. The van der Waals surface area contributed by atoms with Crippen LogP contribution in [0, 0.1) is 24.0 Å². The van der Waals surface area contributed by atoms with Crippen molar-refractivity contribution in [2.24, 2.45) is 4.40 Å². The second-order valence-electron chi connectivity index (χ2n) is 6.37. The summed E-state index contributed by atoms with van der Waals surface area (Å²) < 4.78 is 29.5. The number of hydrogen-bond acceptors (Lipinski definition) is 6. The van der Waals surface area contributed by atoms with E-state index in [2.05, 4.69) is 25.0 Å². The van der Waals surface area contributed by atoms with E-state index in [0.29, 0.717) is 17.1 Å². The normalized spacial score (nSPS) is 11.8. The van der Waals surface area contributed by atoms with Gasteiger partial charge in [-0.1, -0.05) is 23.7 Å². The smallest absolute Gasteiger partial charge is 0.287 e. The molecule has 2 aromatic carbocycles. The van der Waals surface area contributed by atoms with E-state index in [-0.39, 0.29) is 27.5 Å². The number of rotatable bonds is 5. The molecule has 1 aromatic heterocycles. The van der Waals surface area contributed by atoms with Crippen molar-refractivity contribution >= 4 is 44.9 Å². The summed E-state index contributed by atoms with van der Waals surface area (Å²) in [6.07, 6.45) is 0. The third kappa shape index (κ3) is 5.74. The Hall–Kier alpha value is -3.57. The number of aromatic nitrogens is 2. The highest BCUT2D eigenvalue weighted by Crippen LogP contribution is 2.23. The van der Waals surface area contributed by atoms with E-state index in [4.69, 9.17) is 11.6 Å². The highest BCUT2D eigenvalue weighted by molar-refractivity contribution is 7.90. The molecule has 0 aliphatic carbocycles. The van der Waals surface area contributed by atoms with E-state index in [1.54, 1.807) is 26.0 Å². The molecule has 0 unspecified atom stereocenters. The third-order valence-electron chi connectivity index (χ3n) is 3.88. The summed E-state index contributed by atoms with van der Waals surface area (Å²) in [5.74, 6) is -0.0845. The van der Waals surface area contributed by atoms with Gasteiger partial charge in [-0.05, 0) is 44.2 Å². The third-order valence-corrected chi connectivity index (χ3v) is 5.66. The maximum absolute atomic E-state index is 12.8. The Morgan fingerprint density at radius 2 is 1.65 bits per heavy atom. The van der Waals surface area contributed by atoms with Crippen LogP contribution >= 0.6 is 11.6 Å². The Balaban J connectivity index is 2.01.